The van der Waals surface area contributed by atoms with Crippen LogP contribution in [0.25, 0.3) is 0 Å². The lowest BCUT2D eigenvalue weighted by Crippen LogP contribution is -2.55. The number of piperidine rings is 1. The van der Waals surface area contributed by atoms with Gasteiger partial charge in [-0.05, 0) is 68.5 Å². The number of carbonyl (C=O) groups excluding carboxylic acids is 3. The fraction of sp³-hybridized carbons (Fsp3) is 0.400. The van der Waals surface area contributed by atoms with Crippen molar-refractivity contribution in [1.82, 2.24) is 15.5 Å². The summed E-state index contributed by atoms with van der Waals surface area (Å²) in [5, 5.41) is 5.81. The average Bonchev–Trinajstić information content (AvgIpc) is 2.82. The van der Waals surface area contributed by atoms with E-state index in [9.17, 15) is 18.8 Å². The van der Waals surface area contributed by atoms with Gasteiger partial charge in [-0.1, -0.05) is 25.1 Å². The molecule has 32 heavy (non-hydrogen) atoms. The van der Waals surface area contributed by atoms with Crippen molar-refractivity contribution in [3.8, 4) is 0 Å². The maximum Gasteiger partial charge on any atom is 0.253 e. The van der Waals surface area contributed by atoms with E-state index < -0.39 is 17.8 Å². The number of carbonyl (C=O) groups is 3. The smallest absolute Gasteiger partial charge is 0.253 e. The molecule has 3 amide bonds. The zero-order valence-electron chi connectivity index (χ0n) is 18.5. The van der Waals surface area contributed by atoms with Gasteiger partial charge in [-0.2, -0.15) is 0 Å². The number of nitrogens with zero attached hydrogens (tertiary/aromatic N) is 1. The van der Waals surface area contributed by atoms with Crippen molar-refractivity contribution in [2.24, 2.45) is 5.92 Å². The van der Waals surface area contributed by atoms with E-state index >= 15 is 0 Å². The summed E-state index contributed by atoms with van der Waals surface area (Å²) in [7, 11) is 0. The summed E-state index contributed by atoms with van der Waals surface area (Å²) >= 11 is 0. The Balaban J connectivity index is 1.69. The van der Waals surface area contributed by atoms with Gasteiger partial charge in [0.1, 0.15) is 11.9 Å². The molecule has 0 saturated carbocycles. The SMILES string of the molecule is CCC(C)NC(=O)C(NC(=O)c1ccc(F)cc1)C1CCN(C(=O)c2ccccc2)CC1. The van der Waals surface area contributed by atoms with Crippen molar-refractivity contribution < 1.29 is 18.8 Å². The Morgan fingerprint density at radius 1 is 0.969 bits per heavy atom. The molecule has 0 aliphatic carbocycles. The molecule has 0 radical (unpaired) electrons. The molecule has 2 atom stereocenters. The third kappa shape index (κ3) is 5.93. The first-order valence-corrected chi connectivity index (χ1v) is 11.1. The van der Waals surface area contributed by atoms with Crippen LogP contribution in [0.5, 0.6) is 0 Å². The van der Waals surface area contributed by atoms with Crippen LogP contribution < -0.4 is 10.6 Å². The Morgan fingerprint density at radius 2 is 1.59 bits per heavy atom. The van der Waals surface area contributed by atoms with Crippen LogP contribution in [0.4, 0.5) is 4.39 Å². The third-order valence-electron chi connectivity index (χ3n) is 6.00. The van der Waals surface area contributed by atoms with Crippen molar-refractivity contribution in [3.63, 3.8) is 0 Å². The third-order valence-corrected chi connectivity index (χ3v) is 6.00. The summed E-state index contributed by atoms with van der Waals surface area (Å²) < 4.78 is 13.2. The normalized spacial score (nSPS) is 16.2. The zero-order chi connectivity index (χ0) is 23.1. The van der Waals surface area contributed by atoms with Crippen molar-refractivity contribution in [3.05, 3.63) is 71.5 Å². The number of halogens is 1. The minimum atomic E-state index is -0.726. The van der Waals surface area contributed by atoms with Crippen molar-refractivity contribution in [1.29, 1.82) is 0 Å². The molecule has 1 aliphatic heterocycles. The molecule has 0 spiro atoms. The van der Waals surface area contributed by atoms with Gasteiger partial charge in [0.25, 0.3) is 11.8 Å². The van der Waals surface area contributed by atoms with E-state index in [1.54, 1.807) is 17.0 Å². The number of likely N-dealkylation sites (tertiary alicyclic amines) is 1. The van der Waals surface area contributed by atoms with Gasteiger partial charge in [0.15, 0.2) is 0 Å². The van der Waals surface area contributed by atoms with Gasteiger partial charge in [-0.25, -0.2) is 4.39 Å². The standard InChI is InChI=1S/C25H30FN3O3/c1-3-17(2)27-24(31)22(28-23(30)19-9-11-21(26)12-10-19)18-13-15-29(16-14-18)25(32)20-7-5-4-6-8-20/h4-12,17-18,22H,3,13-16H2,1-2H3,(H,27,31)(H,28,30). The van der Waals surface area contributed by atoms with E-state index in [-0.39, 0.29) is 23.8 Å². The first-order valence-electron chi connectivity index (χ1n) is 11.1. The Morgan fingerprint density at radius 3 is 2.19 bits per heavy atom. The molecule has 6 nitrogen and oxygen atoms in total. The van der Waals surface area contributed by atoms with Crippen LogP contribution in [0.15, 0.2) is 54.6 Å². The second kappa shape index (κ2) is 10.9. The summed E-state index contributed by atoms with van der Waals surface area (Å²) in [5.41, 5.74) is 0.936. The summed E-state index contributed by atoms with van der Waals surface area (Å²) in [5.74, 6) is -1.22. The predicted molar refractivity (Wildman–Crippen MR) is 121 cm³/mol. The molecule has 1 heterocycles. The van der Waals surface area contributed by atoms with E-state index in [1.807, 2.05) is 32.0 Å². The minimum absolute atomic E-state index is 0.0209. The van der Waals surface area contributed by atoms with E-state index in [0.717, 1.165) is 6.42 Å². The van der Waals surface area contributed by atoms with E-state index in [2.05, 4.69) is 10.6 Å². The van der Waals surface area contributed by atoms with Gasteiger partial charge < -0.3 is 15.5 Å². The predicted octanol–water partition coefficient (Wildman–Crippen LogP) is 3.39. The molecule has 1 fully saturated rings. The summed E-state index contributed by atoms with van der Waals surface area (Å²) in [6.07, 6.45) is 1.97. The number of amides is 3. The second-order valence-corrected chi connectivity index (χ2v) is 8.27. The largest absolute Gasteiger partial charge is 0.352 e. The molecule has 2 N–H and O–H groups in total. The van der Waals surface area contributed by atoms with Crippen LogP contribution in [-0.2, 0) is 4.79 Å². The Kier molecular flexibility index (Phi) is 7.98. The Labute approximate surface area is 188 Å². The number of nitrogens with one attached hydrogen (secondary N) is 2. The maximum atomic E-state index is 13.2. The highest BCUT2D eigenvalue weighted by Gasteiger charge is 2.34. The molecule has 2 unspecified atom stereocenters. The van der Waals surface area contributed by atoms with Gasteiger partial charge in [-0.3, -0.25) is 14.4 Å². The van der Waals surface area contributed by atoms with Crippen LogP contribution in [0, 0.1) is 11.7 Å². The maximum absolute atomic E-state index is 13.2. The van der Waals surface area contributed by atoms with E-state index in [4.69, 9.17) is 0 Å². The number of rotatable bonds is 7. The van der Waals surface area contributed by atoms with Gasteiger partial charge in [0, 0.05) is 30.3 Å². The fourth-order valence-electron chi connectivity index (χ4n) is 3.86. The van der Waals surface area contributed by atoms with Crippen molar-refractivity contribution in [2.45, 2.75) is 45.2 Å². The summed E-state index contributed by atoms with van der Waals surface area (Å²) in [6.45, 7) is 4.92. The Bertz CT molecular complexity index is 925. The van der Waals surface area contributed by atoms with E-state index in [1.165, 1.54) is 24.3 Å². The van der Waals surface area contributed by atoms with Crippen molar-refractivity contribution in [2.75, 3.05) is 13.1 Å². The summed E-state index contributed by atoms with van der Waals surface area (Å²) in [6, 6.07) is 13.6. The number of hydrogen-bond acceptors (Lipinski definition) is 3. The topological polar surface area (TPSA) is 78.5 Å². The van der Waals surface area contributed by atoms with Gasteiger partial charge in [0.2, 0.25) is 5.91 Å². The highest BCUT2D eigenvalue weighted by atomic mass is 19.1. The molecule has 1 aliphatic rings. The first-order chi connectivity index (χ1) is 15.4. The molecule has 0 aromatic heterocycles. The van der Waals surface area contributed by atoms with E-state index in [0.29, 0.717) is 37.1 Å². The van der Waals surface area contributed by atoms with Crippen LogP contribution >= 0.6 is 0 Å². The molecule has 7 heteroatoms. The molecular formula is C25H30FN3O3. The monoisotopic (exact) mass is 439 g/mol. The molecule has 3 rings (SSSR count). The average molecular weight is 440 g/mol. The highest BCUT2D eigenvalue weighted by Crippen LogP contribution is 2.23. The van der Waals surface area contributed by atoms with Gasteiger partial charge in [-0.15, -0.1) is 0 Å². The van der Waals surface area contributed by atoms with Crippen LogP contribution in [0.1, 0.15) is 53.8 Å². The molecule has 2 aromatic carbocycles. The highest BCUT2D eigenvalue weighted by molar-refractivity contribution is 5.97. The Hall–Kier alpha value is -3.22. The van der Waals surface area contributed by atoms with Crippen LogP contribution in [0.3, 0.4) is 0 Å². The minimum Gasteiger partial charge on any atom is -0.352 e. The molecule has 0 bridgehead atoms. The lowest BCUT2D eigenvalue weighted by Gasteiger charge is -2.36. The van der Waals surface area contributed by atoms with Crippen molar-refractivity contribution >= 4 is 17.7 Å². The molecule has 1 saturated heterocycles. The second-order valence-electron chi connectivity index (χ2n) is 8.27. The quantitative estimate of drug-likeness (QED) is 0.694. The zero-order valence-corrected chi connectivity index (χ0v) is 18.5. The molecular weight excluding hydrogens is 409 g/mol. The lowest BCUT2D eigenvalue weighted by molar-refractivity contribution is -0.125. The lowest BCUT2D eigenvalue weighted by atomic mass is 9.88. The molecule has 2 aromatic rings. The first kappa shape index (κ1) is 23.4. The number of benzene rings is 2. The number of hydrogen-bond donors (Lipinski definition) is 2. The van der Waals surface area contributed by atoms with Gasteiger partial charge >= 0.3 is 0 Å². The molecule has 170 valence electrons. The van der Waals surface area contributed by atoms with Gasteiger partial charge in [0.05, 0.1) is 0 Å². The summed E-state index contributed by atoms with van der Waals surface area (Å²) in [4.78, 5) is 40.3. The van der Waals surface area contributed by atoms with Crippen LogP contribution in [0.2, 0.25) is 0 Å². The van der Waals surface area contributed by atoms with Crippen LogP contribution in [-0.4, -0.2) is 47.8 Å². The fourth-order valence-corrected chi connectivity index (χ4v) is 3.86.